The molecule has 1 saturated heterocycles. The predicted octanol–water partition coefficient (Wildman–Crippen LogP) is 3.28. The third-order valence-electron chi connectivity index (χ3n) is 6.46. The van der Waals surface area contributed by atoms with Gasteiger partial charge in [0.25, 0.3) is 0 Å². The van der Waals surface area contributed by atoms with Gasteiger partial charge in [0, 0.05) is 30.7 Å². The summed E-state index contributed by atoms with van der Waals surface area (Å²) < 4.78 is 0. The van der Waals surface area contributed by atoms with Crippen LogP contribution in [-0.4, -0.2) is 35.6 Å². The Morgan fingerprint density at radius 2 is 1.95 bits per heavy atom. The average Bonchev–Trinajstić information content (AvgIpc) is 2.97. The summed E-state index contributed by atoms with van der Waals surface area (Å²) in [4.78, 5) is 2.80. The summed E-state index contributed by atoms with van der Waals surface area (Å²) in [6.45, 7) is 13.3. The molecule has 1 heterocycles. The molecule has 2 nitrogen and oxygen atoms in total. The molecular weight excluding hydrogens is 232 g/mol. The van der Waals surface area contributed by atoms with Gasteiger partial charge >= 0.3 is 0 Å². The highest BCUT2D eigenvalue weighted by Gasteiger charge is 2.44. The zero-order valence-electron chi connectivity index (χ0n) is 13.3. The van der Waals surface area contributed by atoms with Gasteiger partial charge in [0.1, 0.15) is 0 Å². The van der Waals surface area contributed by atoms with E-state index in [2.05, 4.69) is 37.9 Å². The lowest BCUT2D eigenvalue weighted by atomic mass is 9.84. The molecule has 1 aliphatic heterocycles. The van der Waals surface area contributed by atoms with Gasteiger partial charge in [0.2, 0.25) is 0 Å². The van der Waals surface area contributed by atoms with E-state index in [-0.39, 0.29) is 0 Å². The topological polar surface area (TPSA) is 15.3 Å². The molecule has 2 saturated carbocycles. The van der Waals surface area contributed by atoms with Crippen LogP contribution in [0.3, 0.4) is 0 Å². The number of fused-ring (bicyclic) bond motifs is 2. The lowest BCUT2D eigenvalue weighted by molar-refractivity contribution is 0.0121. The van der Waals surface area contributed by atoms with Gasteiger partial charge < -0.3 is 5.32 Å². The lowest BCUT2D eigenvalue weighted by Crippen LogP contribution is -2.67. The molecule has 0 aromatic rings. The summed E-state index contributed by atoms with van der Waals surface area (Å²) in [6.07, 6.45) is 7.34. The standard InChI is InChI=1S/C17H32N2/c1-5-17(4)12-19(16(2,3)11-18-17)10-15-9-13-6-7-14(15)8-13/h13-15,18H,5-12H2,1-4H3. The van der Waals surface area contributed by atoms with E-state index in [1.54, 1.807) is 6.42 Å². The molecule has 3 rings (SSSR count). The molecule has 3 aliphatic rings. The fraction of sp³-hybridized carbons (Fsp3) is 1.00. The summed E-state index contributed by atoms with van der Waals surface area (Å²) in [5.74, 6) is 3.14. The molecule has 110 valence electrons. The number of nitrogens with zero attached hydrogens (tertiary/aromatic N) is 1. The zero-order chi connectivity index (χ0) is 13.7. The molecule has 4 unspecified atom stereocenters. The Hall–Kier alpha value is -0.0800. The van der Waals surface area contributed by atoms with E-state index in [4.69, 9.17) is 0 Å². The van der Waals surface area contributed by atoms with Crippen molar-refractivity contribution in [2.24, 2.45) is 17.8 Å². The zero-order valence-corrected chi connectivity index (χ0v) is 13.3. The maximum Gasteiger partial charge on any atom is 0.0278 e. The van der Waals surface area contributed by atoms with Gasteiger partial charge in [0.05, 0.1) is 0 Å². The first-order valence-corrected chi connectivity index (χ1v) is 8.42. The van der Waals surface area contributed by atoms with Gasteiger partial charge in [-0.25, -0.2) is 0 Å². The van der Waals surface area contributed by atoms with E-state index >= 15 is 0 Å². The van der Waals surface area contributed by atoms with Crippen molar-refractivity contribution in [3.63, 3.8) is 0 Å². The molecule has 2 bridgehead atoms. The van der Waals surface area contributed by atoms with Crippen LogP contribution < -0.4 is 5.32 Å². The van der Waals surface area contributed by atoms with Gasteiger partial charge in [-0.2, -0.15) is 0 Å². The average molecular weight is 264 g/mol. The first-order valence-electron chi connectivity index (χ1n) is 8.42. The van der Waals surface area contributed by atoms with E-state index in [0.717, 1.165) is 24.3 Å². The highest BCUT2D eigenvalue weighted by Crippen LogP contribution is 2.49. The number of rotatable bonds is 3. The van der Waals surface area contributed by atoms with Crippen molar-refractivity contribution in [2.45, 2.75) is 70.9 Å². The third kappa shape index (κ3) is 2.58. The van der Waals surface area contributed by atoms with Crippen molar-refractivity contribution in [3.05, 3.63) is 0 Å². The van der Waals surface area contributed by atoms with Crippen LogP contribution in [0.5, 0.6) is 0 Å². The molecule has 3 fully saturated rings. The van der Waals surface area contributed by atoms with Crippen molar-refractivity contribution in [2.75, 3.05) is 19.6 Å². The quantitative estimate of drug-likeness (QED) is 0.841. The normalized spacial score (nSPS) is 45.8. The number of nitrogens with one attached hydrogen (secondary N) is 1. The van der Waals surface area contributed by atoms with Gasteiger partial charge in [0.15, 0.2) is 0 Å². The molecule has 2 heteroatoms. The van der Waals surface area contributed by atoms with Crippen LogP contribution in [0, 0.1) is 17.8 Å². The number of piperazine rings is 1. The fourth-order valence-corrected chi connectivity index (χ4v) is 4.66. The second kappa shape index (κ2) is 4.73. The highest BCUT2D eigenvalue weighted by molar-refractivity contribution is 5.01. The van der Waals surface area contributed by atoms with E-state index in [1.165, 1.54) is 38.8 Å². The van der Waals surface area contributed by atoms with E-state index < -0.39 is 0 Å². The predicted molar refractivity (Wildman–Crippen MR) is 81.3 cm³/mol. The maximum atomic E-state index is 3.78. The Bertz CT molecular complexity index is 338. The summed E-state index contributed by atoms with van der Waals surface area (Å²) >= 11 is 0. The lowest BCUT2D eigenvalue weighted by Gasteiger charge is -2.52. The Balaban J connectivity index is 1.67. The molecule has 0 spiro atoms. The van der Waals surface area contributed by atoms with Crippen LogP contribution >= 0.6 is 0 Å². The third-order valence-corrected chi connectivity index (χ3v) is 6.46. The van der Waals surface area contributed by atoms with Gasteiger partial charge in [-0.05, 0) is 64.2 Å². The van der Waals surface area contributed by atoms with Crippen LogP contribution in [0.2, 0.25) is 0 Å². The molecule has 19 heavy (non-hydrogen) atoms. The van der Waals surface area contributed by atoms with Crippen LogP contribution in [0.25, 0.3) is 0 Å². The molecule has 2 aliphatic carbocycles. The Kier molecular flexibility index (Phi) is 3.46. The van der Waals surface area contributed by atoms with Gasteiger partial charge in [-0.3, -0.25) is 4.90 Å². The Morgan fingerprint density at radius 3 is 2.53 bits per heavy atom. The minimum Gasteiger partial charge on any atom is -0.308 e. The van der Waals surface area contributed by atoms with Crippen molar-refractivity contribution in [1.82, 2.24) is 10.2 Å². The van der Waals surface area contributed by atoms with Crippen LogP contribution in [0.1, 0.15) is 59.8 Å². The molecular formula is C17H32N2. The summed E-state index contributed by atoms with van der Waals surface area (Å²) in [5.41, 5.74) is 0.656. The van der Waals surface area contributed by atoms with Crippen LogP contribution in [-0.2, 0) is 0 Å². The smallest absolute Gasteiger partial charge is 0.0278 e. The molecule has 4 atom stereocenters. The Morgan fingerprint density at radius 1 is 1.16 bits per heavy atom. The molecule has 0 amide bonds. The first-order chi connectivity index (χ1) is 8.92. The van der Waals surface area contributed by atoms with Crippen LogP contribution in [0.15, 0.2) is 0 Å². The highest BCUT2D eigenvalue weighted by atomic mass is 15.3. The monoisotopic (exact) mass is 264 g/mol. The van der Waals surface area contributed by atoms with Crippen molar-refractivity contribution in [3.8, 4) is 0 Å². The van der Waals surface area contributed by atoms with Gasteiger partial charge in [-0.15, -0.1) is 0 Å². The molecule has 0 radical (unpaired) electrons. The molecule has 0 aromatic carbocycles. The minimum atomic E-state index is 0.327. The number of hydrogen-bond donors (Lipinski definition) is 1. The Labute approximate surface area is 119 Å². The van der Waals surface area contributed by atoms with Gasteiger partial charge in [-0.1, -0.05) is 13.3 Å². The summed E-state index contributed by atoms with van der Waals surface area (Å²) in [7, 11) is 0. The SMILES string of the molecule is CCC1(C)CN(CC2CC3CCC2C3)C(C)(C)CN1. The van der Waals surface area contributed by atoms with E-state index in [1.807, 2.05) is 0 Å². The second-order valence-corrected chi connectivity index (χ2v) is 8.40. The molecule has 1 N–H and O–H groups in total. The summed E-state index contributed by atoms with van der Waals surface area (Å²) in [5, 5.41) is 3.78. The van der Waals surface area contributed by atoms with Crippen molar-refractivity contribution >= 4 is 0 Å². The fourth-order valence-electron chi connectivity index (χ4n) is 4.66. The van der Waals surface area contributed by atoms with Crippen LogP contribution in [0.4, 0.5) is 0 Å². The largest absolute Gasteiger partial charge is 0.308 e. The minimum absolute atomic E-state index is 0.327. The summed E-state index contributed by atoms with van der Waals surface area (Å²) in [6, 6.07) is 0. The molecule has 0 aromatic heterocycles. The van der Waals surface area contributed by atoms with E-state index in [9.17, 15) is 0 Å². The maximum absolute atomic E-state index is 3.78. The van der Waals surface area contributed by atoms with Crippen molar-refractivity contribution in [1.29, 1.82) is 0 Å². The number of hydrogen-bond acceptors (Lipinski definition) is 2. The first kappa shape index (κ1) is 13.9. The van der Waals surface area contributed by atoms with Crippen molar-refractivity contribution < 1.29 is 0 Å². The second-order valence-electron chi connectivity index (χ2n) is 8.40. The van der Waals surface area contributed by atoms with E-state index in [0.29, 0.717) is 11.1 Å².